The molecule has 2 aromatic carbocycles. The van der Waals surface area contributed by atoms with Crippen molar-refractivity contribution in [3.8, 4) is 5.75 Å². The molecule has 0 aliphatic carbocycles. The van der Waals surface area contributed by atoms with Gasteiger partial charge < -0.3 is 10.2 Å². The Balaban J connectivity index is 2.38. The summed E-state index contributed by atoms with van der Waals surface area (Å²) in [5.74, 6) is -1.17. The van der Waals surface area contributed by atoms with E-state index >= 15 is 0 Å². The van der Waals surface area contributed by atoms with Gasteiger partial charge in [0.05, 0.1) is 16.1 Å². The summed E-state index contributed by atoms with van der Waals surface area (Å²) in [5.41, 5.74) is 0.752. The van der Waals surface area contributed by atoms with Crippen molar-refractivity contribution in [2.24, 2.45) is 0 Å². The Morgan fingerprint density at radius 2 is 1.86 bits per heavy atom. The number of phenolic OH excluding ortho intramolecular Hbond substituents is 1. The van der Waals surface area contributed by atoms with E-state index < -0.39 is 16.0 Å². The van der Waals surface area contributed by atoms with E-state index in [2.05, 4.69) is 4.72 Å². The van der Waals surface area contributed by atoms with E-state index in [-0.39, 0.29) is 16.2 Å². The van der Waals surface area contributed by atoms with Crippen LogP contribution in [0.4, 0.5) is 5.69 Å². The molecule has 2 aromatic rings. The summed E-state index contributed by atoms with van der Waals surface area (Å²) in [6.45, 7) is 1.64. The molecule has 0 bridgehead atoms. The SMILES string of the molecule is Cc1cc(O)ccc1NS(=O)(=O)c1cccc(C(=O)O)c1. The Morgan fingerprint density at radius 3 is 2.48 bits per heavy atom. The Labute approximate surface area is 121 Å². The maximum absolute atomic E-state index is 12.2. The number of aromatic hydroxyl groups is 1. The molecule has 0 aliphatic heterocycles. The normalized spacial score (nSPS) is 11.1. The molecule has 0 heterocycles. The number of anilines is 1. The summed E-state index contributed by atoms with van der Waals surface area (Å²) >= 11 is 0. The average molecular weight is 307 g/mol. The van der Waals surface area contributed by atoms with Gasteiger partial charge in [0, 0.05) is 0 Å². The molecule has 2 rings (SSSR count). The van der Waals surface area contributed by atoms with Crippen LogP contribution in [0.2, 0.25) is 0 Å². The molecule has 7 heteroatoms. The lowest BCUT2D eigenvalue weighted by Crippen LogP contribution is -2.14. The van der Waals surface area contributed by atoms with Crippen molar-refractivity contribution in [3.05, 3.63) is 53.6 Å². The fourth-order valence-electron chi connectivity index (χ4n) is 1.76. The van der Waals surface area contributed by atoms with Crippen LogP contribution in [0.25, 0.3) is 0 Å². The first-order chi connectivity index (χ1) is 9.79. The van der Waals surface area contributed by atoms with Crippen molar-refractivity contribution in [2.75, 3.05) is 4.72 Å². The second kappa shape index (κ2) is 5.45. The van der Waals surface area contributed by atoms with Crippen LogP contribution in [-0.4, -0.2) is 24.6 Å². The Morgan fingerprint density at radius 1 is 1.14 bits per heavy atom. The number of aromatic carboxylic acids is 1. The van der Waals surface area contributed by atoms with Gasteiger partial charge in [-0.1, -0.05) is 6.07 Å². The largest absolute Gasteiger partial charge is 0.508 e. The maximum atomic E-state index is 12.2. The van der Waals surface area contributed by atoms with Gasteiger partial charge in [-0.2, -0.15) is 0 Å². The minimum atomic E-state index is -3.90. The molecule has 0 amide bonds. The molecular formula is C14H13NO5S. The van der Waals surface area contributed by atoms with Crippen LogP contribution in [0.5, 0.6) is 5.75 Å². The van der Waals surface area contributed by atoms with Crippen molar-refractivity contribution in [2.45, 2.75) is 11.8 Å². The average Bonchev–Trinajstić information content (AvgIpc) is 2.42. The first-order valence-electron chi connectivity index (χ1n) is 5.95. The number of phenols is 1. The first kappa shape index (κ1) is 14.9. The highest BCUT2D eigenvalue weighted by Gasteiger charge is 2.17. The molecule has 0 aliphatic rings. The number of aryl methyl sites for hydroxylation is 1. The highest BCUT2D eigenvalue weighted by Crippen LogP contribution is 2.23. The molecule has 0 atom stereocenters. The molecule has 21 heavy (non-hydrogen) atoms. The zero-order valence-electron chi connectivity index (χ0n) is 11.1. The molecule has 0 saturated carbocycles. The van der Waals surface area contributed by atoms with E-state index in [1.807, 2.05) is 0 Å². The van der Waals surface area contributed by atoms with Crippen LogP contribution in [0.15, 0.2) is 47.4 Å². The number of carboxylic acid groups (broad SMARTS) is 1. The Kier molecular flexibility index (Phi) is 3.86. The fourth-order valence-corrected chi connectivity index (χ4v) is 2.94. The molecule has 6 nitrogen and oxygen atoms in total. The summed E-state index contributed by atoms with van der Waals surface area (Å²) in [6, 6.07) is 9.28. The standard InChI is InChI=1S/C14H13NO5S/c1-9-7-11(16)5-6-13(9)15-21(19,20)12-4-2-3-10(8-12)14(17)18/h2-8,15-16H,1H3,(H,17,18). The van der Waals surface area contributed by atoms with Crippen molar-refractivity contribution < 1.29 is 23.4 Å². The maximum Gasteiger partial charge on any atom is 0.335 e. The molecule has 0 aromatic heterocycles. The lowest BCUT2D eigenvalue weighted by Gasteiger charge is -2.11. The molecule has 0 spiro atoms. The van der Waals surface area contributed by atoms with Gasteiger partial charge in [0.2, 0.25) is 0 Å². The van der Waals surface area contributed by atoms with Gasteiger partial charge in [-0.25, -0.2) is 13.2 Å². The summed E-state index contributed by atoms with van der Waals surface area (Å²) in [4.78, 5) is 10.7. The number of rotatable bonds is 4. The number of carboxylic acids is 1. The van der Waals surface area contributed by atoms with Gasteiger partial charge in [0.1, 0.15) is 5.75 Å². The third kappa shape index (κ3) is 3.32. The number of benzene rings is 2. The summed E-state index contributed by atoms with van der Waals surface area (Å²) < 4.78 is 26.9. The quantitative estimate of drug-likeness (QED) is 0.751. The van der Waals surface area contributed by atoms with Gasteiger partial charge in [-0.15, -0.1) is 0 Å². The van der Waals surface area contributed by atoms with Gasteiger partial charge in [0.25, 0.3) is 10.0 Å². The van der Waals surface area contributed by atoms with E-state index in [9.17, 15) is 18.3 Å². The van der Waals surface area contributed by atoms with Crippen molar-refractivity contribution in [1.82, 2.24) is 0 Å². The molecule has 0 saturated heterocycles. The number of hydrogen-bond donors (Lipinski definition) is 3. The highest BCUT2D eigenvalue weighted by atomic mass is 32.2. The minimum absolute atomic E-state index is 0.0309. The third-order valence-electron chi connectivity index (χ3n) is 2.85. The predicted molar refractivity (Wildman–Crippen MR) is 77.1 cm³/mol. The van der Waals surface area contributed by atoms with Crippen molar-refractivity contribution in [3.63, 3.8) is 0 Å². The van der Waals surface area contributed by atoms with Crippen LogP contribution in [0, 0.1) is 6.92 Å². The molecule has 110 valence electrons. The van der Waals surface area contributed by atoms with Crippen LogP contribution in [-0.2, 0) is 10.0 Å². The number of carbonyl (C=O) groups is 1. The topological polar surface area (TPSA) is 104 Å². The summed E-state index contributed by atoms with van der Waals surface area (Å²) in [6.07, 6.45) is 0. The number of nitrogens with one attached hydrogen (secondary N) is 1. The van der Waals surface area contributed by atoms with Gasteiger partial charge in [0.15, 0.2) is 0 Å². The predicted octanol–water partition coefficient (Wildman–Crippen LogP) is 2.20. The van der Waals surface area contributed by atoms with Crippen LogP contribution in [0.3, 0.4) is 0 Å². The van der Waals surface area contributed by atoms with E-state index in [0.29, 0.717) is 11.3 Å². The highest BCUT2D eigenvalue weighted by molar-refractivity contribution is 7.92. The molecular weight excluding hydrogens is 294 g/mol. The summed E-state index contributed by atoms with van der Waals surface area (Å²) in [7, 11) is -3.90. The van der Waals surface area contributed by atoms with Gasteiger partial charge in [-0.3, -0.25) is 4.72 Å². The lowest BCUT2D eigenvalue weighted by atomic mass is 10.2. The minimum Gasteiger partial charge on any atom is -0.508 e. The Bertz CT molecular complexity index is 799. The molecule has 0 fully saturated rings. The number of sulfonamides is 1. The lowest BCUT2D eigenvalue weighted by molar-refractivity contribution is 0.0696. The zero-order chi connectivity index (χ0) is 15.6. The molecule has 3 N–H and O–H groups in total. The monoisotopic (exact) mass is 307 g/mol. The third-order valence-corrected chi connectivity index (χ3v) is 4.21. The van der Waals surface area contributed by atoms with Gasteiger partial charge in [-0.05, 0) is 48.9 Å². The second-order valence-corrected chi connectivity index (χ2v) is 6.12. The molecule has 0 radical (unpaired) electrons. The van der Waals surface area contributed by atoms with Crippen LogP contribution in [0.1, 0.15) is 15.9 Å². The van der Waals surface area contributed by atoms with E-state index in [4.69, 9.17) is 5.11 Å². The fraction of sp³-hybridized carbons (Fsp3) is 0.0714. The van der Waals surface area contributed by atoms with Crippen molar-refractivity contribution >= 4 is 21.7 Å². The number of hydrogen-bond acceptors (Lipinski definition) is 4. The summed E-state index contributed by atoms with van der Waals surface area (Å²) in [5, 5.41) is 18.2. The molecule has 0 unspecified atom stereocenters. The smallest absolute Gasteiger partial charge is 0.335 e. The van der Waals surface area contributed by atoms with E-state index in [1.165, 1.54) is 36.4 Å². The van der Waals surface area contributed by atoms with Gasteiger partial charge >= 0.3 is 5.97 Å². The van der Waals surface area contributed by atoms with E-state index in [0.717, 1.165) is 6.07 Å². The first-order valence-corrected chi connectivity index (χ1v) is 7.44. The van der Waals surface area contributed by atoms with Crippen molar-refractivity contribution in [1.29, 1.82) is 0 Å². The van der Waals surface area contributed by atoms with E-state index in [1.54, 1.807) is 6.92 Å². The zero-order valence-corrected chi connectivity index (χ0v) is 11.9. The van der Waals surface area contributed by atoms with Crippen LogP contribution >= 0.6 is 0 Å². The second-order valence-electron chi connectivity index (χ2n) is 4.44. The Hall–Kier alpha value is -2.54. The van der Waals surface area contributed by atoms with Crippen LogP contribution < -0.4 is 4.72 Å².